The van der Waals surface area contributed by atoms with E-state index in [1.807, 2.05) is 46.1 Å². The molecule has 2 heterocycles. The van der Waals surface area contributed by atoms with Crippen LogP contribution in [0, 0.1) is 13.8 Å². The van der Waals surface area contributed by atoms with Crippen LogP contribution in [0.25, 0.3) is 10.9 Å². The van der Waals surface area contributed by atoms with Gasteiger partial charge in [-0.2, -0.15) is 4.09 Å². The Morgan fingerprint density at radius 2 is 2.00 bits per heavy atom. The molecule has 3 aromatic rings. The minimum Gasteiger partial charge on any atom is -0.323 e. The highest BCUT2D eigenvalue weighted by Gasteiger charge is 2.20. The van der Waals surface area contributed by atoms with Gasteiger partial charge >= 0.3 is 0 Å². The Labute approximate surface area is 155 Å². The number of rotatable bonds is 3. The molecule has 1 unspecified atom stereocenters. The van der Waals surface area contributed by atoms with E-state index in [9.17, 15) is 4.21 Å². The molecule has 0 radical (unpaired) electrons. The Hall–Kier alpha value is -1.20. The fourth-order valence-electron chi connectivity index (χ4n) is 2.11. The van der Waals surface area contributed by atoms with Crippen LogP contribution in [0.3, 0.4) is 0 Å². The van der Waals surface area contributed by atoms with Gasteiger partial charge in [0.2, 0.25) is 0 Å². The Balaban J connectivity index is 0.000000647. The summed E-state index contributed by atoms with van der Waals surface area (Å²) >= 11 is 3.95. The average molecular weight is 432 g/mol. The van der Waals surface area contributed by atoms with Crippen molar-refractivity contribution < 1.29 is 8.76 Å². The first-order valence-electron chi connectivity index (χ1n) is 6.96. The van der Waals surface area contributed by atoms with Gasteiger partial charge in [-0.05, 0) is 55.5 Å². The molecule has 0 saturated heterocycles. The molecule has 130 valence electrons. The number of aryl methyl sites for hydroxylation is 1. The number of benzene rings is 1. The normalized spacial score (nSPS) is 12.1. The van der Waals surface area contributed by atoms with E-state index < -0.39 is 11.0 Å². The maximum absolute atomic E-state index is 12.8. The molecule has 0 bridgehead atoms. The summed E-state index contributed by atoms with van der Waals surface area (Å²) in [5.41, 5.74) is 2.77. The molecule has 0 saturated carbocycles. The number of hydrogen-bond donors (Lipinski definition) is 2. The lowest BCUT2D eigenvalue weighted by atomic mass is 10.2. The minimum absolute atomic E-state index is 0.144. The molecule has 0 aliphatic carbocycles. The summed E-state index contributed by atoms with van der Waals surface area (Å²) in [6, 6.07) is 5.98. The summed E-state index contributed by atoms with van der Waals surface area (Å²) in [6.07, 6.45) is 1.32. The monoisotopic (exact) mass is 431 g/mol. The van der Waals surface area contributed by atoms with Crippen molar-refractivity contribution in [2.24, 2.45) is 0 Å². The van der Waals surface area contributed by atoms with Crippen molar-refractivity contribution in [1.29, 1.82) is 0 Å². The van der Waals surface area contributed by atoms with E-state index in [1.54, 1.807) is 3.97 Å². The summed E-state index contributed by atoms with van der Waals surface area (Å²) in [4.78, 5) is 3.98. The molecule has 24 heavy (non-hydrogen) atoms. The molecular weight excluding hydrogens is 414 g/mol. The third-order valence-corrected chi connectivity index (χ3v) is 5.73. The van der Waals surface area contributed by atoms with Crippen LogP contribution in [0.4, 0.5) is 0 Å². The largest absolute Gasteiger partial charge is 0.323 e. The van der Waals surface area contributed by atoms with Gasteiger partial charge in [0.05, 0.1) is 5.52 Å². The molecule has 2 aromatic heterocycles. The first-order chi connectivity index (χ1) is 11.4. The topological polar surface area (TPSA) is 85.0 Å². The van der Waals surface area contributed by atoms with Crippen LogP contribution in [0.1, 0.15) is 11.3 Å². The van der Waals surface area contributed by atoms with Crippen LogP contribution >= 0.6 is 28.2 Å². The van der Waals surface area contributed by atoms with Gasteiger partial charge in [-0.25, -0.2) is 9.19 Å². The molecular formula is C14H18BrN5O2S2. The predicted molar refractivity (Wildman–Crippen MR) is 102 cm³/mol. The minimum atomic E-state index is -1.58. The van der Waals surface area contributed by atoms with E-state index in [-0.39, 0.29) is 5.16 Å². The third kappa shape index (κ3) is 3.72. The van der Waals surface area contributed by atoms with Crippen LogP contribution in [0.5, 0.6) is 0 Å². The molecule has 0 spiro atoms. The highest BCUT2D eigenvalue weighted by Crippen LogP contribution is 2.32. The van der Waals surface area contributed by atoms with Gasteiger partial charge in [-0.15, -0.1) is 5.10 Å². The summed E-state index contributed by atoms with van der Waals surface area (Å²) in [7, 11) is 2.17. The number of halogens is 1. The molecule has 3 rings (SSSR count). The fourth-order valence-corrected chi connectivity index (χ4v) is 4.12. The highest BCUT2D eigenvalue weighted by atomic mass is 79.9. The molecule has 0 aliphatic rings. The maximum Gasteiger partial charge on any atom is 0.261 e. The Morgan fingerprint density at radius 1 is 1.33 bits per heavy atom. The smallest absolute Gasteiger partial charge is 0.261 e. The standard InChI is InChI=1S/C12H11BrN4O2S2.C2H7N/c1-7-3-4-9-10(5-7)17(8(2)11(9)13)21(19)12-14-6-16(15-12)20-18;1-3-2/h3-6,18H,1-2H3;3H,1-2H3. The van der Waals surface area contributed by atoms with Crippen LogP contribution in [-0.2, 0) is 11.0 Å². The number of nitrogens with zero attached hydrogens (tertiary/aromatic N) is 4. The van der Waals surface area contributed by atoms with Crippen molar-refractivity contribution in [3.63, 3.8) is 0 Å². The third-order valence-electron chi connectivity index (χ3n) is 3.09. The van der Waals surface area contributed by atoms with Gasteiger partial charge in [-0.3, -0.25) is 3.97 Å². The Morgan fingerprint density at radius 3 is 2.58 bits per heavy atom. The summed E-state index contributed by atoms with van der Waals surface area (Å²) < 4.78 is 25.4. The summed E-state index contributed by atoms with van der Waals surface area (Å²) in [5, 5.41) is 7.85. The van der Waals surface area contributed by atoms with Crippen LogP contribution < -0.4 is 5.32 Å². The molecule has 0 fully saturated rings. The van der Waals surface area contributed by atoms with Gasteiger partial charge in [0, 0.05) is 15.6 Å². The second-order valence-electron chi connectivity index (χ2n) is 4.97. The van der Waals surface area contributed by atoms with Crippen LogP contribution in [0.2, 0.25) is 0 Å². The fraction of sp³-hybridized carbons (Fsp3) is 0.286. The van der Waals surface area contributed by atoms with Crippen LogP contribution in [-0.4, -0.2) is 41.0 Å². The highest BCUT2D eigenvalue weighted by molar-refractivity contribution is 9.10. The number of hydrogen-bond acceptors (Lipinski definition) is 6. The van der Waals surface area contributed by atoms with Gasteiger partial charge in [0.25, 0.3) is 5.16 Å². The number of fused-ring (bicyclic) bond motifs is 1. The maximum atomic E-state index is 12.8. The zero-order valence-electron chi connectivity index (χ0n) is 13.6. The second-order valence-corrected chi connectivity index (χ2v) is 7.53. The van der Waals surface area contributed by atoms with Gasteiger partial charge in [-0.1, -0.05) is 12.1 Å². The first kappa shape index (κ1) is 19.1. The van der Waals surface area contributed by atoms with Gasteiger partial charge in [0.15, 0.2) is 11.0 Å². The van der Waals surface area contributed by atoms with E-state index in [4.69, 9.17) is 4.55 Å². The van der Waals surface area contributed by atoms with E-state index in [0.717, 1.165) is 30.7 Å². The molecule has 1 atom stereocenters. The van der Waals surface area contributed by atoms with E-state index in [0.29, 0.717) is 12.2 Å². The van der Waals surface area contributed by atoms with Crippen molar-refractivity contribution in [2.45, 2.75) is 19.0 Å². The second kappa shape index (κ2) is 8.26. The summed E-state index contributed by atoms with van der Waals surface area (Å²) in [5.74, 6) is 0. The summed E-state index contributed by atoms with van der Waals surface area (Å²) in [6.45, 7) is 3.87. The quantitative estimate of drug-likeness (QED) is 0.619. The molecule has 7 nitrogen and oxygen atoms in total. The Bertz CT molecular complexity index is 878. The molecule has 10 heteroatoms. The molecule has 0 amide bonds. The van der Waals surface area contributed by atoms with Crippen molar-refractivity contribution in [2.75, 3.05) is 14.1 Å². The van der Waals surface area contributed by atoms with E-state index in [1.165, 1.54) is 6.33 Å². The van der Waals surface area contributed by atoms with E-state index in [2.05, 4.69) is 31.3 Å². The molecule has 2 N–H and O–H groups in total. The van der Waals surface area contributed by atoms with Crippen molar-refractivity contribution in [3.05, 3.63) is 40.3 Å². The van der Waals surface area contributed by atoms with Crippen molar-refractivity contribution in [1.82, 2.24) is 23.5 Å². The lowest BCUT2D eigenvalue weighted by Crippen LogP contribution is -2.08. The first-order valence-corrected chi connectivity index (χ1v) is 9.59. The van der Waals surface area contributed by atoms with Crippen molar-refractivity contribution >= 4 is 50.0 Å². The molecule has 0 aliphatic heterocycles. The zero-order chi connectivity index (χ0) is 17.9. The van der Waals surface area contributed by atoms with Gasteiger partial charge < -0.3 is 9.87 Å². The van der Waals surface area contributed by atoms with Gasteiger partial charge in [0.1, 0.15) is 18.6 Å². The Kier molecular flexibility index (Phi) is 6.58. The van der Waals surface area contributed by atoms with Crippen LogP contribution in [0.15, 0.2) is 34.2 Å². The predicted octanol–water partition coefficient (Wildman–Crippen LogP) is 2.99. The average Bonchev–Trinajstić information content (AvgIpc) is 3.12. The van der Waals surface area contributed by atoms with Crippen molar-refractivity contribution in [3.8, 4) is 0 Å². The number of aromatic nitrogens is 4. The lowest BCUT2D eigenvalue weighted by molar-refractivity contribution is 0.644. The lowest BCUT2D eigenvalue weighted by Gasteiger charge is -2.05. The zero-order valence-corrected chi connectivity index (χ0v) is 16.9. The SMILES string of the molecule is CNC.Cc1ccc2c(Br)c(C)n(S(=O)c3ncn(SO)n3)c2c1. The molecule has 1 aromatic carbocycles. The number of nitrogens with one attached hydrogen (secondary N) is 1. The van der Waals surface area contributed by atoms with E-state index >= 15 is 0 Å².